The first-order valence-corrected chi connectivity index (χ1v) is 13.1. The number of rotatable bonds is 4. The Balaban J connectivity index is 1.65. The molecule has 0 amide bonds. The van der Waals surface area contributed by atoms with Crippen LogP contribution in [0.25, 0.3) is 0 Å². The molecular formula is C31H29O4P. The van der Waals surface area contributed by atoms with Gasteiger partial charge in [0, 0.05) is 0 Å². The fourth-order valence-corrected chi connectivity index (χ4v) is 6.60. The predicted molar refractivity (Wildman–Crippen MR) is 142 cm³/mol. The molecule has 0 radical (unpaired) electrons. The van der Waals surface area contributed by atoms with E-state index in [1.807, 2.05) is 86.6 Å². The van der Waals surface area contributed by atoms with Crippen LogP contribution in [0.3, 0.4) is 0 Å². The summed E-state index contributed by atoms with van der Waals surface area (Å²) in [6.45, 7) is 3.93. The molecule has 0 unspecified atom stereocenters. The van der Waals surface area contributed by atoms with E-state index in [1.54, 1.807) is 0 Å². The van der Waals surface area contributed by atoms with Gasteiger partial charge in [-0.25, -0.2) is 0 Å². The number of hydrogen-bond donors (Lipinski definition) is 0. The molecule has 2 fully saturated rings. The van der Waals surface area contributed by atoms with Crippen molar-refractivity contribution in [3.05, 3.63) is 144 Å². The maximum absolute atomic E-state index is 6.87. The van der Waals surface area contributed by atoms with Crippen molar-refractivity contribution in [2.24, 2.45) is 0 Å². The van der Waals surface area contributed by atoms with Gasteiger partial charge in [-0.1, -0.05) is 121 Å². The van der Waals surface area contributed by atoms with E-state index in [0.717, 1.165) is 22.3 Å². The number of hydrogen-bond acceptors (Lipinski definition) is 4. The quantitative estimate of drug-likeness (QED) is 0.287. The molecule has 2 atom stereocenters. The normalized spacial score (nSPS) is 23.9. The summed E-state index contributed by atoms with van der Waals surface area (Å²) in [7, 11) is -0.270. The first-order valence-electron chi connectivity index (χ1n) is 12.2. The van der Waals surface area contributed by atoms with E-state index in [9.17, 15) is 0 Å². The van der Waals surface area contributed by atoms with Crippen LogP contribution in [0.15, 0.2) is 121 Å². The molecule has 4 aromatic carbocycles. The molecule has 0 aromatic heterocycles. The summed E-state index contributed by atoms with van der Waals surface area (Å²) in [6.07, 6.45) is -1.01. The molecule has 2 heterocycles. The van der Waals surface area contributed by atoms with E-state index < -0.39 is 29.2 Å². The van der Waals surface area contributed by atoms with E-state index in [1.165, 1.54) is 0 Å². The lowest BCUT2D eigenvalue weighted by Gasteiger charge is -2.41. The Hall–Kier alpha value is -2.85. The second-order valence-electron chi connectivity index (χ2n) is 9.70. The fourth-order valence-electron chi connectivity index (χ4n) is 5.59. The highest BCUT2D eigenvalue weighted by atomic mass is 31.1. The van der Waals surface area contributed by atoms with E-state index in [0.29, 0.717) is 0 Å². The molecule has 4 nitrogen and oxygen atoms in total. The highest BCUT2D eigenvalue weighted by Crippen LogP contribution is 2.59. The first kappa shape index (κ1) is 23.5. The lowest BCUT2D eigenvalue weighted by Crippen LogP contribution is -2.53. The van der Waals surface area contributed by atoms with Gasteiger partial charge in [-0.3, -0.25) is 0 Å². The van der Waals surface area contributed by atoms with Crippen LogP contribution in [0.2, 0.25) is 0 Å². The summed E-state index contributed by atoms with van der Waals surface area (Å²) in [5.74, 6) is -0.855. The lowest BCUT2D eigenvalue weighted by molar-refractivity contribution is -0.173. The maximum Gasteiger partial charge on any atom is 0.164 e. The van der Waals surface area contributed by atoms with E-state index in [-0.39, 0.29) is 9.03 Å². The SMILES string of the molecule is CC1(C)O[C@H]2[C@H](O1)C(c1ccccc1)(c1ccccc1)OPOC2(c1ccccc1)c1ccccc1. The second-order valence-corrected chi connectivity index (χ2v) is 10.3. The number of ether oxygens (including phenoxy) is 2. The van der Waals surface area contributed by atoms with Gasteiger partial charge in [0.25, 0.3) is 0 Å². The maximum atomic E-state index is 6.87. The zero-order valence-corrected chi connectivity index (χ0v) is 21.3. The summed E-state index contributed by atoms with van der Waals surface area (Å²) in [5, 5.41) is 0. The second kappa shape index (κ2) is 9.23. The minimum Gasteiger partial charge on any atom is -0.341 e. The summed E-state index contributed by atoms with van der Waals surface area (Å²) in [5.41, 5.74) is 2.12. The molecule has 4 aromatic rings. The molecule has 6 rings (SSSR count). The zero-order valence-electron chi connectivity index (χ0n) is 20.3. The molecule has 36 heavy (non-hydrogen) atoms. The number of benzene rings is 4. The molecular weight excluding hydrogens is 467 g/mol. The lowest BCUT2D eigenvalue weighted by atomic mass is 9.72. The van der Waals surface area contributed by atoms with Crippen molar-refractivity contribution in [2.75, 3.05) is 0 Å². The smallest absolute Gasteiger partial charge is 0.164 e. The van der Waals surface area contributed by atoms with Gasteiger partial charge in [-0.05, 0) is 36.1 Å². The van der Waals surface area contributed by atoms with Crippen molar-refractivity contribution in [1.29, 1.82) is 0 Å². The summed E-state index contributed by atoms with van der Waals surface area (Å²) < 4.78 is 27.4. The highest BCUT2D eigenvalue weighted by molar-refractivity contribution is 7.26. The molecule has 2 saturated heterocycles. The Morgan fingerprint density at radius 1 is 0.472 bits per heavy atom. The van der Waals surface area contributed by atoms with E-state index in [4.69, 9.17) is 18.5 Å². The average molecular weight is 497 g/mol. The van der Waals surface area contributed by atoms with Crippen LogP contribution < -0.4 is 0 Å². The standard InChI is InChI=1S/C31H29O4P/c1-29(2)32-27-28(33-29)31(25-19-11-5-12-20-25,26-21-13-6-14-22-26)35-36-34-30(27,23-15-7-3-8-16-23)24-17-9-4-10-18-24/h3-22,27-28,36H,1-2H3/t27-,28-/m0/s1. The van der Waals surface area contributed by atoms with E-state index in [2.05, 4.69) is 48.5 Å². The Labute approximate surface area is 214 Å². The van der Waals surface area contributed by atoms with Crippen molar-refractivity contribution in [2.45, 2.75) is 43.0 Å². The van der Waals surface area contributed by atoms with Gasteiger partial charge in [-0.15, -0.1) is 0 Å². The van der Waals surface area contributed by atoms with Gasteiger partial charge in [0.15, 0.2) is 26.0 Å². The van der Waals surface area contributed by atoms with Gasteiger partial charge in [0.05, 0.1) is 0 Å². The Morgan fingerprint density at radius 2 is 0.750 bits per heavy atom. The summed E-state index contributed by atoms with van der Waals surface area (Å²) in [6, 6.07) is 41.2. The molecule has 0 aliphatic carbocycles. The van der Waals surface area contributed by atoms with Gasteiger partial charge in [0.2, 0.25) is 0 Å². The van der Waals surface area contributed by atoms with Gasteiger partial charge >= 0.3 is 0 Å². The zero-order chi connectivity index (χ0) is 24.6. The van der Waals surface area contributed by atoms with E-state index >= 15 is 0 Å². The average Bonchev–Trinajstić information content (AvgIpc) is 3.19. The third kappa shape index (κ3) is 3.73. The van der Waals surface area contributed by atoms with Crippen molar-refractivity contribution in [3.8, 4) is 0 Å². The van der Waals surface area contributed by atoms with Crippen molar-refractivity contribution < 1.29 is 18.5 Å². The first-order chi connectivity index (χ1) is 17.6. The highest BCUT2D eigenvalue weighted by Gasteiger charge is 2.65. The van der Waals surface area contributed by atoms with Crippen molar-refractivity contribution in [3.63, 3.8) is 0 Å². The molecule has 0 bridgehead atoms. The van der Waals surface area contributed by atoms with Crippen LogP contribution in [0.1, 0.15) is 36.1 Å². The van der Waals surface area contributed by atoms with Crippen LogP contribution in [-0.2, 0) is 29.7 Å². The summed E-state index contributed by atoms with van der Waals surface area (Å²) >= 11 is 0. The van der Waals surface area contributed by atoms with Crippen LogP contribution in [0.5, 0.6) is 0 Å². The van der Waals surface area contributed by atoms with Gasteiger partial charge < -0.3 is 18.5 Å². The Morgan fingerprint density at radius 3 is 1.03 bits per heavy atom. The van der Waals surface area contributed by atoms with Crippen molar-refractivity contribution in [1.82, 2.24) is 0 Å². The molecule has 0 N–H and O–H groups in total. The minimum atomic E-state index is -0.940. The molecule has 2 aliphatic heterocycles. The Kier molecular flexibility index (Phi) is 6.03. The minimum absolute atomic E-state index is 0.270. The molecule has 0 saturated carbocycles. The topological polar surface area (TPSA) is 36.9 Å². The monoisotopic (exact) mass is 496 g/mol. The molecule has 5 heteroatoms. The van der Waals surface area contributed by atoms with Crippen molar-refractivity contribution >= 4 is 9.03 Å². The predicted octanol–water partition coefficient (Wildman–Crippen LogP) is 6.95. The van der Waals surface area contributed by atoms with Crippen LogP contribution in [0, 0.1) is 0 Å². The van der Waals surface area contributed by atoms with Crippen LogP contribution in [-0.4, -0.2) is 18.0 Å². The van der Waals surface area contributed by atoms with Crippen LogP contribution in [0.4, 0.5) is 0 Å². The fraction of sp³-hybridized carbons (Fsp3) is 0.226. The molecule has 182 valence electrons. The van der Waals surface area contributed by atoms with Gasteiger partial charge in [-0.2, -0.15) is 0 Å². The number of fused-ring (bicyclic) bond motifs is 1. The third-order valence-electron chi connectivity index (χ3n) is 7.11. The third-order valence-corrected chi connectivity index (χ3v) is 7.92. The molecule has 0 spiro atoms. The molecule has 2 aliphatic rings. The van der Waals surface area contributed by atoms with Gasteiger partial charge in [0.1, 0.15) is 12.2 Å². The largest absolute Gasteiger partial charge is 0.341 e. The van der Waals surface area contributed by atoms with Crippen LogP contribution >= 0.6 is 9.03 Å². The summed E-state index contributed by atoms with van der Waals surface area (Å²) in [4.78, 5) is 0. The Bertz CT molecular complexity index is 1120.